The Morgan fingerprint density at radius 1 is 1.19 bits per heavy atom. The summed E-state index contributed by atoms with van der Waals surface area (Å²) in [5, 5.41) is 9.43. The summed E-state index contributed by atoms with van der Waals surface area (Å²) in [7, 11) is 1.99. The average molecular weight is 299 g/mol. The first-order valence-electron chi connectivity index (χ1n) is 7.30. The highest BCUT2D eigenvalue weighted by atomic mass is 32.1. The molecule has 4 heteroatoms. The second-order valence-corrected chi connectivity index (χ2v) is 6.82. The molecule has 0 aliphatic heterocycles. The first-order chi connectivity index (χ1) is 10.1. The molecule has 1 atom stereocenters. The molecule has 0 fully saturated rings. The number of rotatable bonds is 4. The van der Waals surface area contributed by atoms with Crippen LogP contribution in [-0.4, -0.2) is 24.6 Å². The van der Waals surface area contributed by atoms with Gasteiger partial charge in [0.15, 0.2) is 0 Å². The van der Waals surface area contributed by atoms with Crippen LogP contribution in [0.25, 0.3) is 21.0 Å². The van der Waals surface area contributed by atoms with Crippen molar-refractivity contribution in [3.63, 3.8) is 0 Å². The van der Waals surface area contributed by atoms with E-state index in [1.807, 2.05) is 25.3 Å². The Hall–Kier alpha value is -1.65. The first kappa shape index (κ1) is 14.3. The van der Waals surface area contributed by atoms with Crippen molar-refractivity contribution in [1.82, 2.24) is 10.3 Å². The molecule has 2 aromatic heterocycles. The van der Waals surface area contributed by atoms with E-state index >= 15 is 0 Å². The lowest BCUT2D eigenvalue weighted by atomic mass is 10.1. The van der Waals surface area contributed by atoms with Gasteiger partial charge >= 0.3 is 0 Å². The van der Waals surface area contributed by atoms with E-state index in [-0.39, 0.29) is 0 Å². The topological polar surface area (TPSA) is 37.0 Å². The molecule has 2 N–H and O–H groups in total. The number of anilines is 1. The molecule has 0 amide bonds. The van der Waals surface area contributed by atoms with Gasteiger partial charge in [-0.15, -0.1) is 11.3 Å². The number of hydrogen-bond acceptors (Lipinski definition) is 4. The summed E-state index contributed by atoms with van der Waals surface area (Å²) >= 11 is 1.85. The predicted octanol–water partition coefficient (Wildman–Crippen LogP) is 4.09. The van der Waals surface area contributed by atoms with Crippen LogP contribution >= 0.6 is 11.3 Å². The van der Waals surface area contributed by atoms with Gasteiger partial charge in [0.25, 0.3) is 0 Å². The van der Waals surface area contributed by atoms with Crippen LogP contribution in [0.5, 0.6) is 0 Å². The van der Waals surface area contributed by atoms with Crippen LogP contribution in [0.1, 0.15) is 17.5 Å². The van der Waals surface area contributed by atoms with E-state index in [1.54, 1.807) is 0 Å². The second-order valence-electron chi connectivity index (χ2n) is 5.56. The van der Waals surface area contributed by atoms with Gasteiger partial charge in [0.05, 0.1) is 11.2 Å². The molecule has 0 saturated heterocycles. The Bertz CT molecular complexity index is 791. The molecule has 0 aliphatic carbocycles. The van der Waals surface area contributed by atoms with Crippen LogP contribution in [-0.2, 0) is 0 Å². The number of fused-ring (bicyclic) bond motifs is 3. The molecule has 0 bridgehead atoms. The highest BCUT2D eigenvalue weighted by Gasteiger charge is 2.13. The van der Waals surface area contributed by atoms with E-state index in [2.05, 4.69) is 53.7 Å². The van der Waals surface area contributed by atoms with E-state index in [0.717, 1.165) is 17.8 Å². The van der Waals surface area contributed by atoms with E-state index < -0.39 is 0 Å². The number of hydrogen-bond donors (Lipinski definition) is 2. The molecule has 0 saturated carbocycles. The van der Waals surface area contributed by atoms with Crippen molar-refractivity contribution < 1.29 is 0 Å². The molecule has 2 heterocycles. The maximum absolute atomic E-state index is 4.65. The highest BCUT2D eigenvalue weighted by molar-refractivity contribution is 7.19. The Balaban J connectivity index is 2.16. The minimum absolute atomic E-state index is 0.440. The van der Waals surface area contributed by atoms with Crippen molar-refractivity contribution in [2.75, 3.05) is 18.9 Å². The van der Waals surface area contributed by atoms with Gasteiger partial charge in [-0.2, -0.15) is 0 Å². The molecule has 1 aromatic carbocycles. The van der Waals surface area contributed by atoms with Crippen LogP contribution in [0.4, 0.5) is 5.69 Å². The summed E-state index contributed by atoms with van der Waals surface area (Å²) in [6.45, 7) is 7.32. The molecule has 1 unspecified atom stereocenters. The highest BCUT2D eigenvalue weighted by Crippen LogP contribution is 2.39. The molecule has 21 heavy (non-hydrogen) atoms. The number of likely N-dealkylation sites (N-methyl/N-ethyl adjacent to an activating group) is 1. The number of benzene rings is 1. The van der Waals surface area contributed by atoms with E-state index in [4.69, 9.17) is 0 Å². The van der Waals surface area contributed by atoms with Gasteiger partial charge in [0.1, 0.15) is 0 Å². The SMILES string of the molecule is CNC(C)CNc1c(C)sc2ccc3nc(C)ccc3c12. The maximum Gasteiger partial charge on any atom is 0.0712 e. The van der Waals surface area contributed by atoms with Crippen LogP contribution in [0.2, 0.25) is 0 Å². The fourth-order valence-corrected chi connectivity index (χ4v) is 3.65. The molecule has 3 aromatic rings. The zero-order chi connectivity index (χ0) is 15.0. The van der Waals surface area contributed by atoms with Gasteiger partial charge < -0.3 is 10.6 Å². The maximum atomic E-state index is 4.65. The number of aryl methyl sites for hydroxylation is 2. The van der Waals surface area contributed by atoms with Crippen molar-refractivity contribution in [2.45, 2.75) is 26.8 Å². The van der Waals surface area contributed by atoms with Gasteiger partial charge in [0.2, 0.25) is 0 Å². The standard InChI is InChI=1S/C17H21N3S/c1-10-5-6-13-14(20-10)7-8-15-16(13)17(12(3)21-15)19-9-11(2)18-4/h5-8,11,18-19H,9H2,1-4H3. The number of nitrogens with one attached hydrogen (secondary N) is 2. The van der Waals surface area contributed by atoms with Crippen molar-refractivity contribution >= 4 is 38.0 Å². The third kappa shape index (κ3) is 2.61. The first-order valence-corrected chi connectivity index (χ1v) is 8.12. The molecular weight excluding hydrogens is 278 g/mol. The minimum Gasteiger partial charge on any atom is -0.382 e. The number of nitrogens with zero attached hydrogens (tertiary/aromatic N) is 1. The van der Waals surface area contributed by atoms with E-state index in [0.29, 0.717) is 6.04 Å². The lowest BCUT2D eigenvalue weighted by molar-refractivity contribution is 0.638. The molecule has 3 nitrogen and oxygen atoms in total. The van der Waals surface area contributed by atoms with Crippen LogP contribution in [0.15, 0.2) is 24.3 Å². The van der Waals surface area contributed by atoms with Crippen molar-refractivity contribution in [3.8, 4) is 0 Å². The van der Waals surface area contributed by atoms with Gasteiger partial charge in [0, 0.05) is 38.6 Å². The van der Waals surface area contributed by atoms with Crippen LogP contribution in [0.3, 0.4) is 0 Å². The van der Waals surface area contributed by atoms with E-state index in [1.165, 1.54) is 26.0 Å². The fourth-order valence-electron chi connectivity index (χ4n) is 2.59. The minimum atomic E-state index is 0.440. The lowest BCUT2D eigenvalue weighted by Gasteiger charge is -2.13. The summed E-state index contributed by atoms with van der Waals surface area (Å²) in [4.78, 5) is 5.99. The molecular formula is C17H21N3S. The normalized spacial score (nSPS) is 13.0. The second kappa shape index (κ2) is 5.62. The zero-order valence-corrected chi connectivity index (χ0v) is 13.8. The van der Waals surface area contributed by atoms with Crippen molar-refractivity contribution in [2.24, 2.45) is 0 Å². The number of pyridine rings is 1. The van der Waals surface area contributed by atoms with Crippen molar-refractivity contribution in [1.29, 1.82) is 0 Å². The monoisotopic (exact) mass is 299 g/mol. The third-order valence-corrected chi connectivity index (χ3v) is 4.99. The fraction of sp³-hybridized carbons (Fsp3) is 0.353. The Kier molecular flexibility index (Phi) is 3.83. The predicted molar refractivity (Wildman–Crippen MR) is 93.6 cm³/mol. The summed E-state index contributed by atoms with van der Waals surface area (Å²) in [5.41, 5.74) is 3.39. The average Bonchev–Trinajstić information content (AvgIpc) is 2.80. The summed E-state index contributed by atoms with van der Waals surface area (Å²) in [6, 6.07) is 9.04. The molecule has 3 rings (SSSR count). The largest absolute Gasteiger partial charge is 0.382 e. The zero-order valence-electron chi connectivity index (χ0n) is 12.9. The summed E-state index contributed by atoms with van der Waals surface area (Å²) in [5.74, 6) is 0. The van der Waals surface area contributed by atoms with Gasteiger partial charge in [-0.25, -0.2) is 0 Å². The van der Waals surface area contributed by atoms with Crippen LogP contribution < -0.4 is 10.6 Å². The molecule has 0 radical (unpaired) electrons. The Morgan fingerprint density at radius 2 is 2.00 bits per heavy atom. The quantitative estimate of drug-likeness (QED) is 0.762. The van der Waals surface area contributed by atoms with Gasteiger partial charge in [-0.3, -0.25) is 4.98 Å². The smallest absolute Gasteiger partial charge is 0.0712 e. The summed E-state index contributed by atoms with van der Waals surface area (Å²) < 4.78 is 1.32. The molecule has 110 valence electrons. The lowest BCUT2D eigenvalue weighted by Crippen LogP contribution is -2.29. The molecule has 0 aliphatic rings. The Labute approximate surface area is 129 Å². The number of thiophene rings is 1. The third-order valence-electron chi connectivity index (χ3n) is 3.92. The van der Waals surface area contributed by atoms with Crippen molar-refractivity contribution in [3.05, 3.63) is 34.8 Å². The number of aromatic nitrogens is 1. The Morgan fingerprint density at radius 3 is 2.76 bits per heavy atom. The van der Waals surface area contributed by atoms with Crippen LogP contribution in [0, 0.1) is 13.8 Å². The summed E-state index contributed by atoms with van der Waals surface area (Å²) in [6.07, 6.45) is 0. The molecule has 0 spiro atoms. The van der Waals surface area contributed by atoms with Gasteiger partial charge in [-0.05, 0) is 46.0 Å². The van der Waals surface area contributed by atoms with E-state index in [9.17, 15) is 0 Å². The van der Waals surface area contributed by atoms with Gasteiger partial charge in [-0.1, -0.05) is 6.07 Å².